The third kappa shape index (κ3) is 3.72. The fourth-order valence-electron chi connectivity index (χ4n) is 1.10. The average molecular weight is 206 g/mol. The van der Waals surface area contributed by atoms with Crippen molar-refractivity contribution in [3.63, 3.8) is 0 Å². The summed E-state index contributed by atoms with van der Waals surface area (Å²) in [6.07, 6.45) is 0. The van der Waals surface area contributed by atoms with E-state index < -0.39 is 5.60 Å². The first kappa shape index (κ1) is 11.7. The Hall–Kier alpha value is -1.35. The highest BCUT2D eigenvalue weighted by Crippen LogP contribution is 2.12. The lowest BCUT2D eigenvalue weighted by molar-refractivity contribution is 0.00695. The summed E-state index contributed by atoms with van der Waals surface area (Å²) in [5.41, 5.74) is 8.10. The summed E-state index contributed by atoms with van der Waals surface area (Å²) in [5.74, 6) is -0.320. The lowest BCUT2D eigenvalue weighted by Crippen LogP contribution is -2.23. The van der Waals surface area contributed by atoms with Gasteiger partial charge in [0.25, 0.3) is 0 Å². The zero-order chi connectivity index (χ0) is 11.5. The van der Waals surface area contributed by atoms with Crippen LogP contribution in [0.2, 0.25) is 0 Å². The minimum absolute atomic E-state index is 0.231. The number of hydrogen-bond donors (Lipinski definition) is 0. The van der Waals surface area contributed by atoms with Gasteiger partial charge in [-0.25, -0.2) is 4.79 Å². The molecule has 0 aromatic heterocycles. The molecule has 1 aromatic rings. The highest BCUT2D eigenvalue weighted by Gasteiger charge is 2.17. The number of rotatable bonds is 2. The van der Waals surface area contributed by atoms with Crippen LogP contribution in [0.4, 0.5) is 0 Å². The van der Waals surface area contributed by atoms with E-state index in [0.29, 0.717) is 5.56 Å². The number of benzene rings is 1. The van der Waals surface area contributed by atoms with Crippen LogP contribution in [-0.4, -0.2) is 11.6 Å². The van der Waals surface area contributed by atoms with Crippen LogP contribution in [-0.2, 0) is 11.3 Å². The van der Waals surface area contributed by atoms with Crippen LogP contribution in [0.1, 0.15) is 36.7 Å². The molecule has 0 saturated carbocycles. The van der Waals surface area contributed by atoms with E-state index in [-0.39, 0.29) is 12.5 Å². The second kappa shape index (κ2) is 4.45. The maximum Gasteiger partial charge on any atom is 0.338 e. The maximum absolute atomic E-state index is 11.6. The van der Waals surface area contributed by atoms with Gasteiger partial charge in [-0.05, 0) is 38.5 Å². The topological polar surface area (TPSA) is 50.1 Å². The summed E-state index contributed by atoms with van der Waals surface area (Å²) in [6, 6.07) is 6.92. The van der Waals surface area contributed by atoms with E-state index in [1.54, 1.807) is 24.3 Å². The lowest BCUT2D eigenvalue weighted by atomic mass is 10.1. The van der Waals surface area contributed by atoms with Crippen LogP contribution in [0.15, 0.2) is 24.3 Å². The van der Waals surface area contributed by atoms with E-state index in [9.17, 15) is 4.79 Å². The second-order valence-electron chi connectivity index (χ2n) is 4.38. The molecule has 1 N–H and O–H groups in total. The Labute approximate surface area is 90.2 Å². The minimum atomic E-state index is -0.467. The SMILES string of the molecule is CC(C)(C)OC(=O)c1ccc(C[NH])cc1. The number of nitrogens with one attached hydrogen (secondary N) is 1. The smallest absolute Gasteiger partial charge is 0.338 e. The van der Waals surface area contributed by atoms with Crippen LogP contribution in [0.25, 0.3) is 0 Å². The quantitative estimate of drug-likeness (QED) is 0.698. The average Bonchev–Trinajstić information content (AvgIpc) is 2.15. The third-order valence-corrected chi connectivity index (χ3v) is 1.79. The van der Waals surface area contributed by atoms with Crippen molar-refractivity contribution < 1.29 is 9.53 Å². The summed E-state index contributed by atoms with van der Waals surface area (Å²) in [6.45, 7) is 5.74. The molecule has 15 heavy (non-hydrogen) atoms. The Morgan fingerprint density at radius 3 is 2.20 bits per heavy atom. The van der Waals surface area contributed by atoms with Gasteiger partial charge in [-0.1, -0.05) is 12.1 Å². The van der Waals surface area contributed by atoms with Crippen molar-refractivity contribution in [1.82, 2.24) is 5.73 Å². The standard InChI is InChI=1S/C12H16NO2/c1-12(2,3)15-11(14)10-6-4-9(8-13)5-7-10/h4-7,13H,8H2,1-3H3. The summed E-state index contributed by atoms with van der Waals surface area (Å²) in [7, 11) is 0. The molecule has 0 heterocycles. The Balaban J connectivity index is 2.75. The summed E-state index contributed by atoms with van der Waals surface area (Å²) in [4.78, 5) is 11.6. The molecule has 0 saturated heterocycles. The maximum atomic E-state index is 11.6. The van der Waals surface area contributed by atoms with Crippen molar-refractivity contribution in [2.75, 3.05) is 0 Å². The number of esters is 1. The van der Waals surface area contributed by atoms with Crippen LogP contribution in [0.5, 0.6) is 0 Å². The molecule has 0 fully saturated rings. The van der Waals surface area contributed by atoms with Gasteiger partial charge in [-0.3, -0.25) is 5.73 Å². The first-order valence-electron chi connectivity index (χ1n) is 4.89. The van der Waals surface area contributed by atoms with E-state index >= 15 is 0 Å². The molecule has 0 bridgehead atoms. The molecule has 0 aliphatic rings. The number of carbonyl (C=O) groups is 1. The van der Waals surface area contributed by atoms with Crippen LogP contribution in [0, 0.1) is 0 Å². The van der Waals surface area contributed by atoms with Crippen LogP contribution < -0.4 is 5.73 Å². The van der Waals surface area contributed by atoms with E-state index in [4.69, 9.17) is 10.5 Å². The Bertz CT molecular complexity index is 336. The molecule has 0 aliphatic heterocycles. The van der Waals surface area contributed by atoms with Crippen molar-refractivity contribution in [1.29, 1.82) is 0 Å². The fourth-order valence-corrected chi connectivity index (χ4v) is 1.10. The first-order valence-corrected chi connectivity index (χ1v) is 4.89. The molecule has 0 amide bonds. The van der Waals surface area contributed by atoms with Gasteiger partial charge in [-0.15, -0.1) is 0 Å². The largest absolute Gasteiger partial charge is 0.456 e. The summed E-state index contributed by atoms with van der Waals surface area (Å²) in [5, 5.41) is 0. The van der Waals surface area contributed by atoms with Crippen molar-refractivity contribution in [3.8, 4) is 0 Å². The lowest BCUT2D eigenvalue weighted by Gasteiger charge is -2.19. The van der Waals surface area contributed by atoms with Gasteiger partial charge in [0.05, 0.1) is 5.56 Å². The van der Waals surface area contributed by atoms with Gasteiger partial charge in [0.2, 0.25) is 0 Å². The van der Waals surface area contributed by atoms with Crippen molar-refractivity contribution in [2.45, 2.75) is 32.9 Å². The highest BCUT2D eigenvalue weighted by molar-refractivity contribution is 5.89. The Kier molecular flexibility index (Phi) is 3.48. The van der Waals surface area contributed by atoms with E-state index in [1.807, 2.05) is 20.8 Å². The number of ether oxygens (including phenoxy) is 1. The number of carbonyl (C=O) groups excluding carboxylic acids is 1. The molecule has 0 atom stereocenters. The predicted molar refractivity (Wildman–Crippen MR) is 58.4 cm³/mol. The van der Waals surface area contributed by atoms with Gasteiger partial charge in [-0.2, -0.15) is 0 Å². The zero-order valence-corrected chi connectivity index (χ0v) is 9.33. The van der Waals surface area contributed by atoms with Gasteiger partial charge in [0.1, 0.15) is 5.60 Å². The molecule has 0 aliphatic carbocycles. The van der Waals surface area contributed by atoms with E-state index in [1.165, 1.54) is 0 Å². The monoisotopic (exact) mass is 206 g/mol. The molecular formula is C12H16NO2. The predicted octanol–water partition coefficient (Wildman–Crippen LogP) is 2.42. The molecule has 1 radical (unpaired) electrons. The Morgan fingerprint density at radius 1 is 1.27 bits per heavy atom. The normalized spacial score (nSPS) is 11.2. The fraction of sp³-hybridized carbons (Fsp3) is 0.417. The van der Waals surface area contributed by atoms with Crippen molar-refractivity contribution in [3.05, 3.63) is 35.4 Å². The van der Waals surface area contributed by atoms with E-state index in [0.717, 1.165) is 5.56 Å². The summed E-state index contributed by atoms with van der Waals surface area (Å²) >= 11 is 0. The first-order chi connectivity index (χ1) is 6.92. The van der Waals surface area contributed by atoms with Gasteiger partial charge in [0.15, 0.2) is 0 Å². The zero-order valence-electron chi connectivity index (χ0n) is 9.33. The van der Waals surface area contributed by atoms with Gasteiger partial charge < -0.3 is 4.74 Å². The van der Waals surface area contributed by atoms with Crippen LogP contribution in [0.3, 0.4) is 0 Å². The molecule has 0 unspecified atom stereocenters. The second-order valence-corrected chi connectivity index (χ2v) is 4.38. The molecule has 81 valence electrons. The van der Waals surface area contributed by atoms with Gasteiger partial charge in [0, 0.05) is 6.54 Å². The van der Waals surface area contributed by atoms with Crippen molar-refractivity contribution in [2.24, 2.45) is 0 Å². The Morgan fingerprint density at radius 2 is 1.80 bits per heavy atom. The minimum Gasteiger partial charge on any atom is -0.456 e. The third-order valence-electron chi connectivity index (χ3n) is 1.79. The van der Waals surface area contributed by atoms with E-state index in [2.05, 4.69) is 0 Å². The molecule has 0 spiro atoms. The molecular weight excluding hydrogens is 190 g/mol. The highest BCUT2D eigenvalue weighted by atomic mass is 16.6. The van der Waals surface area contributed by atoms with Crippen LogP contribution >= 0.6 is 0 Å². The number of hydrogen-bond acceptors (Lipinski definition) is 2. The molecule has 1 rings (SSSR count). The van der Waals surface area contributed by atoms with Crippen molar-refractivity contribution >= 4 is 5.97 Å². The van der Waals surface area contributed by atoms with Gasteiger partial charge >= 0.3 is 5.97 Å². The molecule has 3 nitrogen and oxygen atoms in total. The molecule has 3 heteroatoms. The summed E-state index contributed by atoms with van der Waals surface area (Å²) < 4.78 is 5.21. The molecule has 1 aromatic carbocycles.